The number of rotatable bonds is 3. The molecular formula is C46H28O. The maximum atomic E-state index is 9.84. The van der Waals surface area contributed by atoms with E-state index in [-0.39, 0.29) is 78.3 Å². The third-order valence-electron chi connectivity index (χ3n) is 8.57. The fraction of sp³-hybridized carbons (Fsp3) is 0. The Bertz CT molecular complexity index is 3630. The zero-order valence-corrected chi connectivity index (χ0v) is 24.4. The van der Waals surface area contributed by atoms with Gasteiger partial charge in [0.15, 0.2) is 0 Å². The maximum Gasteiger partial charge on any atom is 0.136 e. The van der Waals surface area contributed by atoms with Crippen molar-refractivity contribution < 1.29 is 25.0 Å². The van der Waals surface area contributed by atoms with Crippen LogP contribution in [0.15, 0.2) is 174 Å². The Kier molecular flexibility index (Phi) is 3.33. The van der Waals surface area contributed by atoms with Crippen LogP contribution in [0.5, 0.6) is 0 Å². The van der Waals surface area contributed by atoms with Gasteiger partial charge in [-0.3, -0.25) is 0 Å². The van der Waals surface area contributed by atoms with E-state index in [1.807, 2.05) is 0 Å². The van der Waals surface area contributed by atoms with E-state index in [4.69, 9.17) is 16.8 Å². The first-order chi connectivity index (χ1) is 29.6. The van der Waals surface area contributed by atoms with Crippen LogP contribution in [0, 0.1) is 0 Å². The second-order valence-electron chi connectivity index (χ2n) is 11.2. The van der Waals surface area contributed by atoms with E-state index in [9.17, 15) is 8.22 Å². The molecule has 0 bridgehead atoms. The van der Waals surface area contributed by atoms with E-state index < -0.39 is 72.5 Å². The Morgan fingerprint density at radius 3 is 1.68 bits per heavy atom. The molecule has 0 radical (unpaired) electrons. The molecule has 0 amide bonds. The zero-order chi connectivity index (χ0) is 44.0. The van der Waals surface area contributed by atoms with Gasteiger partial charge >= 0.3 is 0 Å². The third kappa shape index (κ3) is 4.03. The highest BCUT2D eigenvalue weighted by atomic mass is 16.3. The van der Waals surface area contributed by atoms with Gasteiger partial charge in [-0.1, -0.05) is 133 Å². The molecule has 10 aromatic rings. The Morgan fingerprint density at radius 2 is 0.957 bits per heavy atom. The standard InChI is InChI=1S/C46H28O/c1-2-12-29(13-3-1)34-24-32-16-6-7-17-35(32)42(26-34)46-39-20-10-8-18-37(39)45(38-19-9-11-21-40(38)46)33-22-23-36-41-25-30-14-4-5-15-31(30)27-44(41)47-43(36)28-33/h1-28H/i4D,5D,6D,7D,14D,15D,16D,17D,22D,23D,24D,25D,26D,27D,28D. The molecule has 47 heavy (non-hydrogen) atoms. The average Bonchev–Trinajstić information content (AvgIpc) is 3.69. The molecule has 0 N–H and O–H groups in total. The van der Waals surface area contributed by atoms with Crippen molar-refractivity contribution in [1.29, 1.82) is 0 Å². The second-order valence-corrected chi connectivity index (χ2v) is 11.2. The minimum Gasteiger partial charge on any atom is -0.456 e. The first-order valence-corrected chi connectivity index (χ1v) is 15.0. The van der Waals surface area contributed by atoms with Crippen LogP contribution < -0.4 is 0 Å². The Labute approximate surface area is 293 Å². The summed E-state index contributed by atoms with van der Waals surface area (Å²) in [5, 5.41) is 1.06. The SMILES string of the molecule is [2H]c1c([2H])c([2H])c2c(-c3c4ccccc4c(-c4c([2H])c([2H])c5c(oc6c([2H])c7c([2H])c([2H])c([2H])c([2H])c7c([2H])c65)c4[2H])c4ccccc34)c([2H])c(-c3ccccc3)c([2H])c2c1[2H]. The summed E-state index contributed by atoms with van der Waals surface area (Å²) in [6.45, 7) is 0. The van der Waals surface area contributed by atoms with Gasteiger partial charge in [-0.05, 0) is 113 Å². The molecule has 218 valence electrons. The molecule has 10 rings (SSSR count). The molecule has 0 spiro atoms. The van der Waals surface area contributed by atoms with E-state index in [0.29, 0.717) is 38.2 Å². The number of benzene rings is 9. The molecule has 0 aliphatic heterocycles. The number of hydrogen-bond donors (Lipinski definition) is 0. The Hall–Kier alpha value is -6.18. The molecule has 0 fully saturated rings. The van der Waals surface area contributed by atoms with E-state index in [1.165, 1.54) is 0 Å². The average molecular weight is 612 g/mol. The predicted molar refractivity (Wildman–Crippen MR) is 200 cm³/mol. The van der Waals surface area contributed by atoms with Crippen molar-refractivity contribution in [2.45, 2.75) is 0 Å². The summed E-state index contributed by atoms with van der Waals surface area (Å²) in [6, 6.07) is 16.2. The predicted octanol–water partition coefficient (Wildman–Crippen LogP) is 13.2. The highest BCUT2D eigenvalue weighted by Crippen LogP contribution is 2.47. The lowest BCUT2D eigenvalue weighted by molar-refractivity contribution is 0.669. The third-order valence-corrected chi connectivity index (χ3v) is 8.57. The van der Waals surface area contributed by atoms with E-state index in [2.05, 4.69) is 0 Å². The summed E-state index contributed by atoms with van der Waals surface area (Å²) in [6.07, 6.45) is 0. The van der Waals surface area contributed by atoms with E-state index in [0.717, 1.165) is 0 Å². The first kappa shape index (κ1) is 15.4. The molecule has 1 heteroatoms. The van der Waals surface area contributed by atoms with Crippen molar-refractivity contribution in [2.24, 2.45) is 0 Å². The molecule has 0 saturated heterocycles. The van der Waals surface area contributed by atoms with Gasteiger partial charge in [0, 0.05) is 10.8 Å². The van der Waals surface area contributed by atoms with Crippen molar-refractivity contribution in [3.63, 3.8) is 0 Å². The van der Waals surface area contributed by atoms with Crippen molar-refractivity contribution in [3.8, 4) is 33.4 Å². The maximum absolute atomic E-state index is 9.84. The van der Waals surface area contributed by atoms with E-state index >= 15 is 0 Å². The van der Waals surface area contributed by atoms with E-state index in [1.54, 1.807) is 78.9 Å². The van der Waals surface area contributed by atoms with Crippen LogP contribution in [0.1, 0.15) is 20.6 Å². The van der Waals surface area contributed by atoms with Crippen molar-refractivity contribution in [1.82, 2.24) is 0 Å². The molecule has 1 aromatic heterocycles. The summed E-state index contributed by atoms with van der Waals surface area (Å²) in [5.41, 5.74) is 1.04. The topological polar surface area (TPSA) is 13.1 Å². The normalized spacial score (nSPS) is 16.3. The lowest BCUT2D eigenvalue weighted by Gasteiger charge is -2.19. The number of hydrogen-bond acceptors (Lipinski definition) is 1. The summed E-state index contributed by atoms with van der Waals surface area (Å²) in [5.74, 6) is 0. The summed E-state index contributed by atoms with van der Waals surface area (Å²) >= 11 is 0. The lowest BCUT2D eigenvalue weighted by Crippen LogP contribution is -1.92. The van der Waals surface area contributed by atoms with Crippen LogP contribution in [-0.2, 0) is 0 Å². The van der Waals surface area contributed by atoms with Gasteiger partial charge in [0.05, 0.1) is 20.6 Å². The van der Waals surface area contributed by atoms with Crippen LogP contribution in [0.2, 0.25) is 0 Å². The van der Waals surface area contributed by atoms with Crippen molar-refractivity contribution >= 4 is 65.0 Å². The van der Waals surface area contributed by atoms with Crippen molar-refractivity contribution in [3.05, 3.63) is 169 Å². The molecule has 0 aliphatic carbocycles. The fourth-order valence-electron chi connectivity index (χ4n) is 6.52. The zero-order valence-electron chi connectivity index (χ0n) is 39.4. The fourth-order valence-corrected chi connectivity index (χ4v) is 6.52. The van der Waals surface area contributed by atoms with Crippen molar-refractivity contribution in [2.75, 3.05) is 0 Å². The Balaban J connectivity index is 1.38. The molecule has 0 atom stereocenters. The largest absolute Gasteiger partial charge is 0.456 e. The van der Waals surface area contributed by atoms with Gasteiger partial charge in [0.1, 0.15) is 11.2 Å². The van der Waals surface area contributed by atoms with Crippen LogP contribution in [-0.4, -0.2) is 0 Å². The molecule has 1 nitrogen and oxygen atoms in total. The minimum absolute atomic E-state index is 0.0141. The van der Waals surface area contributed by atoms with Crippen LogP contribution in [0.3, 0.4) is 0 Å². The molecule has 0 unspecified atom stereocenters. The molecular weight excluding hydrogens is 569 g/mol. The van der Waals surface area contributed by atoms with Gasteiger partial charge in [0.2, 0.25) is 0 Å². The highest BCUT2D eigenvalue weighted by Gasteiger charge is 2.20. The van der Waals surface area contributed by atoms with Crippen LogP contribution in [0.4, 0.5) is 0 Å². The highest BCUT2D eigenvalue weighted by molar-refractivity contribution is 6.24. The summed E-state index contributed by atoms with van der Waals surface area (Å²) < 4.78 is 141. The van der Waals surface area contributed by atoms with Gasteiger partial charge in [-0.15, -0.1) is 0 Å². The monoisotopic (exact) mass is 611 g/mol. The van der Waals surface area contributed by atoms with Crippen LogP contribution >= 0.6 is 0 Å². The molecule has 1 heterocycles. The van der Waals surface area contributed by atoms with Gasteiger partial charge in [-0.2, -0.15) is 0 Å². The van der Waals surface area contributed by atoms with Crippen LogP contribution in [0.25, 0.3) is 98.4 Å². The number of furan rings is 1. The van der Waals surface area contributed by atoms with Gasteiger partial charge in [-0.25, -0.2) is 0 Å². The smallest absolute Gasteiger partial charge is 0.136 e. The second kappa shape index (κ2) is 10.2. The quantitative estimate of drug-likeness (QED) is 0.181. The minimum atomic E-state index is -0.599. The number of fused-ring (bicyclic) bond motifs is 7. The lowest BCUT2D eigenvalue weighted by atomic mass is 9.83. The Morgan fingerprint density at radius 1 is 0.362 bits per heavy atom. The summed E-state index contributed by atoms with van der Waals surface area (Å²) in [7, 11) is 0. The molecule has 9 aromatic carbocycles. The van der Waals surface area contributed by atoms with Gasteiger partial charge in [0.25, 0.3) is 0 Å². The first-order valence-electron chi connectivity index (χ1n) is 22.5. The molecule has 0 aliphatic rings. The molecule has 0 saturated carbocycles. The summed E-state index contributed by atoms with van der Waals surface area (Å²) in [4.78, 5) is 0. The van der Waals surface area contributed by atoms with Gasteiger partial charge < -0.3 is 4.42 Å².